The lowest BCUT2D eigenvalue weighted by atomic mass is 10.2. The SMILES string of the molecule is C#CCC(C)NCc1ccccn1. The van der Waals surface area contributed by atoms with Gasteiger partial charge in [-0.1, -0.05) is 6.07 Å². The highest BCUT2D eigenvalue weighted by atomic mass is 14.9. The molecule has 0 fully saturated rings. The summed E-state index contributed by atoms with van der Waals surface area (Å²) in [6.07, 6.45) is 7.74. The minimum absolute atomic E-state index is 0.354. The Labute approximate surface area is 79.4 Å². The molecule has 0 bridgehead atoms. The van der Waals surface area contributed by atoms with Crippen LogP contribution in [-0.2, 0) is 6.54 Å². The van der Waals surface area contributed by atoms with Crippen LogP contribution >= 0.6 is 0 Å². The molecule has 1 aromatic heterocycles. The Bertz CT molecular complexity index is 274. The molecule has 2 nitrogen and oxygen atoms in total. The van der Waals surface area contributed by atoms with E-state index in [4.69, 9.17) is 6.42 Å². The van der Waals surface area contributed by atoms with E-state index in [-0.39, 0.29) is 0 Å². The van der Waals surface area contributed by atoms with Crippen LogP contribution in [0.2, 0.25) is 0 Å². The van der Waals surface area contributed by atoms with Crippen molar-refractivity contribution in [3.63, 3.8) is 0 Å². The zero-order valence-corrected chi connectivity index (χ0v) is 7.83. The summed E-state index contributed by atoms with van der Waals surface area (Å²) < 4.78 is 0. The molecule has 13 heavy (non-hydrogen) atoms. The third kappa shape index (κ3) is 3.73. The van der Waals surface area contributed by atoms with Crippen LogP contribution < -0.4 is 5.32 Å². The largest absolute Gasteiger partial charge is 0.308 e. The first-order chi connectivity index (χ1) is 6.33. The molecule has 0 amide bonds. The number of nitrogens with one attached hydrogen (secondary N) is 1. The van der Waals surface area contributed by atoms with E-state index in [0.29, 0.717) is 6.04 Å². The van der Waals surface area contributed by atoms with Crippen molar-refractivity contribution in [3.8, 4) is 12.3 Å². The minimum atomic E-state index is 0.354. The van der Waals surface area contributed by atoms with Crippen LogP contribution in [0.4, 0.5) is 0 Å². The van der Waals surface area contributed by atoms with E-state index in [9.17, 15) is 0 Å². The summed E-state index contributed by atoms with van der Waals surface area (Å²) in [7, 11) is 0. The van der Waals surface area contributed by atoms with Gasteiger partial charge in [-0.15, -0.1) is 12.3 Å². The lowest BCUT2D eigenvalue weighted by molar-refractivity contribution is 0.553. The second-order valence-corrected chi connectivity index (χ2v) is 3.01. The molecule has 0 aliphatic heterocycles. The quantitative estimate of drug-likeness (QED) is 0.701. The fraction of sp³-hybridized carbons (Fsp3) is 0.364. The smallest absolute Gasteiger partial charge is 0.0541 e. The van der Waals surface area contributed by atoms with Crippen molar-refractivity contribution >= 4 is 0 Å². The monoisotopic (exact) mass is 174 g/mol. The van der Waals surface area contributed by atoms with Gasteiger partial charge in [-0.05, 0) is 19.1 Å². The van der Waals surface area contributed by atoms with Crippen LogP contribution in [0.5, 0.6) is 0 Å². The Kier molecular flexibility index (Phi) is 4.01. The molecule has 1 aromatic rings. The van der Waals surface area contributed by atoms with E-state index < -0.39 is 0 Å². The summed E-state index contributed by atoms with van der Waals surface area (Å²) in [5.74, 6) is 2.62. The van der Waals surface area contributed by atoms with Gasteiger partial charge in [-0.3, -0.25) is 4.98 Å². The number of nitrogens with zero attached hydrogens (tertiary/aromatic N) is 1. The Morgan fingerprint density at radius 3 is 3.08 bits per heavy atom. The van der Waals surface area contributed by atoms with E-state index in [1.54, 1.807) is 6.20 Å². The Balaban J connectivity index is 2.32. The van der Waals surface area contributed by atoms with Gasteiger partial charge in [0.25, 0.3) is 0 Å². The summed E-state index contributed by atoms with van der Waals surface area (Å²) in [5, 5.41) is 3.29. The average Bonchev–Trinajstić information content (AvgIpc) is 2.17. The summed E-state index contributed by atoms with van der Waals surface area (Å²) >= 11 is 0. The third-order valence-electron chi connectivity index (χ3n) is 1.78. The molecule has 0 aliphatic rings. The van der Waals surface area contributed by atoms with Gasteiger partial charge in [-0.2, -0.15) is 0 Å². The maximum absolute atomic E-state index is 5.19. The van der Waals surface area contributed by atoms with Crippen LogP contribution in [0.15, 0.2) is 24.4 Å². The number of hydrogen-bond acceptors (Lipinski definition) is 2. The zero-order valence-electron chi connectivity index (χ0n) is 7.83. The van der Waals surface area contributed by atoms with Gasteiger partial charge in [0.15, 0.2) is 0 Å². The van der Waals surface area contributed by atoms with Crippen molar-refractivity contribution in [1.29, 1.82) is 0 Å². The molecule has 1 unspecified atom stereocenters. The van der Waals surface area contributed by atoms with Gasteiger partial charge in [0, 0.05) is 25.2 Å². The molecule has 2 heteroatoms. The molecule has 1 atom stereocenters. The predicted molar refractivity (Wildman–Crippen MR) is 54.0 cm³/mol. The van der Waals surface area contributed by atoms with Gasteiger partial charge >= 0.3 is 0 Å². The molecule has 68 valence electrons. The molecule has 0 aromatic carbocycles. The lowest BCUT2D eigenvalue weighted by Gasteiger charge is -2.09. The molecule has 0 aliphatic carbocycles. The van der Waals surface area contributed by atoms with Crippen molar-refractivity contribution < 1.29 is 0 Å². The summed E-state index contributed by atoms with van der Waals surface area (Å²) in [5.41, 5.74) is 1.05. The first kappa shape index (κ1) is 9.76. The Hall–Kier alpha value is -1.33. The highest BCUT2D eigenvalue weighted by Gasteiger charge is 1.98. The summed E-state index contributed by atoms with van der Waals surface area (Å²) in [6.45, 7) is 2.85. The topological polar surface area (TPSA) is 24.9 Å². The van der Waals surface area contributed by atoms with Crippen LogP contribution in [0.25, 0.3) is 0 Å². The Morgan fingerprint density at radius 1 is 1.62 bits per heavy atom. The van der Waals surface area contributed by atoms with Gasteiger partial charge in [0.05, 0.1) is 5.69 Å². The van der Waals surface area contributed by atoms with E-state index in [0.717, 1.165) is 18.7 Å². The van der Waals surface area contributed by atoms with Gasteiger partial charge in [-0.25, -0.2) is 0 Å². The van der Waals surface area contributed by atoms with Gasteiger partial charge < -0.3 is 5.32 Å². The molecular weight excluding hydrogens is 160 g/mol. The molecule has 0 radical (unpaired) electrons. The fourth-order valence-electron chi connectivity index (χ4n) is 1.03. The van der Waals surface area contributed by atoms with E-state index in [2.05, 4.69) is 23.1 Å². The van der Waals surface area contributed by atoms with Crippen LogP contribution in [0.3, 0.4) is 0 Å². The predicted octanol–water partition coefficient (Wildman–Crippen LogP) is 1.58. The van der Waals surface area contributed by atoms with Crippen molar-refractivity contribution in [3.05, 3.63) is 30.1 Å². The average molecular weight is 174 g/mol. The van der Waals surface area contributed by atoms with Crippen molar-refractivity contribution in [1.82, 2.24) is 10.3 Å². The highest BCUT2D eigenvalue weighted by Crippen LogP contribution is 1.95. The zero-order chi connectivity index (χ0) is 9.52. The second-order valence-electron chi connectivity index (χ2n) is 3.01. The second kappa shape index (κ2) is 5.34. The van der Waals surface area contributed by atoms with E-state index >= 15 is 0 Å². The number of pyridine rings is 1. The maximum Gasteiger partial charge on any atom is 0.0541 e. The first-order valence-electron chi connectivity index (χ1n) is 4.39. The maximum atomic E-state index is 5.19. The minimum Gasteiger partial charge on any atom is -0.308 e. The fourth-order valence-corrected chi connectivity index (χ4v) is 1.03. The standard InChI is InChI=1S/C11H14N2/c1-3-6-10(2)13-9-11-7-4-5-8-12-11/h1,4-5,7-8,10,13H,6,9H2,2H3. The lowest BCUT2D eigenvalue weighted by Crippen LogP contribution is -2.25. The normalized spacial score (nSPS) is 12.0. The number of terminal acetylenes is 1. The number of rotatable bonds is 4. The Morgan fingerprint density at radius 2 is 2.46 bits per heavy atom. The van der Waals surface area contributed by atoms with Crippen LogP contribution in [0, 0.1) is 12.3 Å². The molecule has 1 rings (SSSR count). The molecule has 0 saturated carbocycles. The first-order valence-corrected chi connectivity index (χ1v) is 4.39. The summed E-state index contributed by atoms with van der Waals surface area (Å²) in [4.78, 5) is 4.20. The number of hydrogen-bond donors (Lipinski definition) is 1. The van der Waals surface area contributed by atoms with Crippen molar-refractivity contribution in [2.75, 3.05) is 0 Å². The molecular formula is C11H14N2. The number of aromatic nitrogens is 1. The van der Waals surface area contributed by atoms with Crippen molar-refractivity contribution in [2.45, 2.75) is 25.9 Å². The van der Waals surface area contributed by atoms with Gasteiger partial charge in [0.1, 0.15) is 0 Å². The summed E-state index contributed by atoms with van der Waals surface area (Å²) in [6, 6.07) is 6.24. The van der Waals surface area contributed by atoms with E-state index in [1.165, 1.54) is 0 Å². The molecule has 1 heterocycles. The van der Waals surface area contributed by atoms with Crippen LogP contribution in [0.1, 0.15) is 19.0 Å². The van der Waals surface area contributed by atoms with Crippen LogP contribution in [-0.4, -0.2) is 11.0 Å². The molecule has 0 spiro atoms. The third-order valence-corrected chi connectivity index (χ3v) is 1.78. The molecule has 1 N–H and O–H groups in total. The van der Waals surface area contributed by atoms with Gasteiger partial charge in [0.2, 0.25) is 0 Å². The molecule has 0 saturated heterocycles. The van der Waals surface area contributed by atoms with Crippen molar-refractivity contribution in [2.24, 2.45) is 0 Å². The van der Waals surface area contributed by atoms with E-state index in [1.807, 2.05) is 18.2 Å². The highest BCUT2D eigenvalue weighted by molar-refractivity contribution is 5.03.